The molecule has 146 valence electrons. The Kier molecular flexibility index (Phi) is 5.02. The Bertz CT molecular complexity index is 1360. The Balaban J connectivity index is 1.76. The van der Waals surface area contributed by atoms with Crippen LogP contribution in [0.15, 0.2) is 91.4 Å². The van der Waals surface area contributed by atoms with Gasteiger partial charge in [0.25, 0.3) is 0 Å². The van der Waals surface area contributed by atoms with Crippen LogP contribution in [-0.4, -0.2) is 8.42 Å². The van der Waals surface area contributed by atoms with Gasteiger partial charge in [-0.05, 0) is 54.4 Å². The molecule has 0 aliphatic heterocycles. The smallest absolute Gasteiger partial charge is 0.344 e. The molecule has 1 heterocycles. The summed E-state index contributed by atoms with van der Waals surface area (Å²) in [5.74, 6) is 0.0652. The maximum absolute atomic E-state index is 12.6. The summed E-state index contributed by atoms with van der Waals surface area (Å²) in [6.45, 7) is 1.83. The Morgan fingerprint density at radius 2 is 1.62 bits per heavy atom. The third kappa shape index (κ3) is 3.83. The quantitative estimate of drug-likeness (QED) is 0.298. The summed E-state index contributed by atoms with van der Waals surface area (Å²) in [6, 6.07) is 20.0. The van der Waals surface area contributed by atoms with Crippen molar-refractivity contribution < 1.29 is 17.0 Å². The molecule has 0 fully saturated rings. The van der Waals surface area contributed by atoms with Gasteiger partial charge in [-0.2, -0.15) is 8.42 Å². The fourth-order valence-corrected chi connectivity index (χ4v) is 4.29. The molecule has 3 aromatic carbocycles. The van der Waals surface area contributed by atoms with E-state index in [4.69, 9.17) is 8.60 Å². The normalized spacial score (nSPS) is 11.5. The number of halogens is 1. The Hall–Kier alpha value is -2.90. The van der Waals surface area contributed by atoms with Crippen LogP contribution in [0.25, 0.3) is 22.1 Å². The summed E-state index contributed by atoms with van der Waals surface area (Å²) in [7, 11) is -4.01. The van der Waals surface area contributed by atoms with Crippen LogP contribution in [-0.2, 0) is 10.1 Å². The van der Waals surface area contributed by atoms with Gasteiger partial charge in [-0.3, -0.25) is 0 Å². The van der Waals surface area contributed by atoms with Crippen LogP contribution < -0.4 is 9.81 Å². The van der Waals surface area contributed by atoms with E-state index < -0.39 is 15.7 Å². The van der Waals surface area contributed by atoms with E-state index >= 15 is 0 Å². The molecular weight excluding hydrogens is 456 g/mol. The van der Waals surface area contributed by atoms with Gasteiger partial charge in [0.05, 0.1) is 5.56 Å². The highest BCUT2D eigenvalue weighted by Gasteiger charge is 2.18. The van der Waals surface area contributed by atoms with Gasteiger partial charge in [0.1, 0.15) is 16.2 Å². The molecule has 0 N–H and O–H groups in total. The third-order valence-corrected chi connectivity index (χ3v) is 6.30. The lowest BCUT2D eigenvalue weighted by molar-refractivity contribution is 0.485. The molecule has 7 heteroatoms. The van der Waals surface area contributed by atoms with Crippen molar-refractivity contribution >= 4 is 37.0 Å². The van der Waals surface area contributed by atoms with Gasteiger partial charge in [-0.25, -0.2) is 4.79 Å². The lowest BCUT2D eigenvalue weighted by Crippen LogP contribution is -2.10. The summed E-state index contributed by atoms with van der Waals surface area (Å²) < 4.78 is 36.4. The van der Waals surface area contributed by atoms with E-state index in [9.17, 15) is 13.2 Å². The second-order valence-electron chi connectivity index (χ2n) is 6.40. The largest absolute Gasteiger partial charge is 0.422 e. The molecular formula is C22H15BrO5S. The molecule has 0 spiro atoms. The molecule has 5 nitrogen and oxygen atoms in total. The zero-order chi connectivity index (χ0) is 20.6. The molecule has 0 saturated carbocycles. The monoisotopic (exact) mass is 470 g/mol. The second-order valence-corrected chi connectivity index (χ2v) is 8.87. The van der Waals surface area contributed by atoms with Crippen molar-refractivity contribution in [1.82, 2.24) is 0 Å². The molecule has 4 aromatic rings. The fraction of sp³-hybridized carbons (Fsp3) is 0.0455. The number of benzene rings is 3. The summed E-state index contributed by atoms with van der Waals surface area (Å²) in [5, 5.41) is 0.705. The van der Waals surface area contributed by atoms with Crippen LogP contribution in [0.1, 0.15) is 5.56 Å². The molecule has 29 heavy (non-hydrogen) atoms. The molecule has 4 rings (SSSR count). The van der Waals surface area contributed by atoms with Crippen molar-refractivity contribution in [1.29, 1.82) is 0 Å². The molecule has 1 aromatic heterocycles. The Morgan fingerprint density at radius 1 is 0.931 bits per heavy atom. The van der Waals surface area contributed by atoms with Crippen LogP contribution >= 0.6 is 15.9 Å². The summed E-state index contributed by atoms with van der Waals surface area (Å²) >= 11 is 3.26. The van der Waals surface area contributed by atoms with E-state index in [2.05, 4.69) is 15.9 Å². The first-order valence-corrected chi connectivity index (χ1v) is 10.9. The predicted molar refractivity (Wildman–Crippen MR) is 115 cm³/mol. The first-order valence-electron chi connectivity index (χ1n) is 8.68. The van der Waals surface area contributed by atoms with E-state index in [0.717, 1.165) is 15.6 Å². The maximum Gasteiger partial charge on any atom is 0.344 e. The topological polar surface area (TPSA) is 73.6 Å². The Labute approximate surface area is 175 Å². The lowest BCUT2D eigenvalue weighted by atomic mass is 10.00. The highest BCUT2D eigenvalue weighted by atomic mass is 79.9. The zero-order valence-corrected chi connectivity index (χ0v) is 17.7. The highest BCUT2D eigenvalue weighted by Crippen LogP contribution is 2.30. The number of aryl methyl sites for hydroxylation is 1. The van der Waals surface area contributed by atoms with Crippen molar-refractivity contribution in [3.63, 3.8) is 0 Å². The molecule has 0 unspecified atom stereocenters. The van der Waals surface area contributed by atoms with Crippen LogP contribution in [0.2, 0.25) is 0 Å². The van der Waals surface area contributed by atoms with Crippen molar-refractivity contribution in [3.8, 4) is 16.9 Å². The molecule has 0 amide bonds. The first kappa shape index (κ1) is 19.4. The predicted octanol–water partition coefficient (Wildman–Crippen LogP) is 5.30. The maximum atomic E-state index is 12.6. The third-order valence-electron chi connectivity index (χ3n) is 4.51. The molecule has 0 bridgehead atoms. The number of fused-ring (bicyclic) bond motifs is 1. The van der Waals surface area contributed by atoms with Crippen LogP contribution in [0.4, 0.5) is 0 Å². The van der Waals surface area contributed by atoms with Gasteiger partial charge in [-0.1, -0.05) is 46.3 Å². The number of rotatable bonds is 4. The zero-order valence-electron chi connectivity index (χ0n) is 15.3. The van der Waals surface area contributed by atoms with Crippen LogP contribution in [0, 0.1) is 6.92 Å². The second kappa shape index (κ2) is 7.50. The molecule has 0 atom stereocenters. The van der Waals surface area contributed by atoms with Crippen molar-refractivity contribution in [2.45, 2.75) is 11.8 Å². The minimum absolute atomic E-state index is 0.0258. The number of hydrogen-bond donors (Lipinski definition) is 0. The highest BCUT2D eigenvalue weighted by molar-refractivity contribution is 9.10. The SMILES string of the molecule is Cc1c(-c2ccccc2)c(=O)oc2cc(OS(=O)(=O)c3ccc(Br)cc3)ccc12. The van der Waals surface area contributed by atoms with E-state index in [0.29, 0.717) is 10.9 Å². The summed E-state index contributed by atoms with van der Waals surface area (Å²) in [4.78, 5) is 12.6. The molecule has 0 saturated heterocycles. The lowest BCUT2D eigenvalue weighted by Gasteiger charge is -2.10. The van der Waals surface area contributed by atoms with E-state index in [-0.39, 0.29) is 16.2 Å². The van der Waals surface area contributed by atoms with E-state index in [1.165, 1.54) is 18.2 Å². The van der Waals surface area contributed by atoms with Crippen molar-refractivity contribution in [2.24, 2.45) is 0 Å². The molecule has 0 aliphatic carbocycles. The minimum Gasteiger partial charge on any atom is -0.422 e. The fourth-order valence-electron chi connectivity index (χ4n) is 3.10. The first-order chi connectivity index (χ1) is 13.8. The molecule has 0 aliphatic rings. The van der Waals surface area contributed by atoms with Gasteiger partial charge >= 0.3 is 15.7 Å². The van der Waals surface area contributed by atoms with Gasteiger partial charge < -0.3 is 8.60 Å². The number of hydrogen-bond acceptors (Lipinski definition) is 5. The van der Waals surface area contributed by atoms with Gasteiger partial charge in [0, 0.05) is 15.9 Å². The van der Waals surface area contributed by atoms with E-state index in [1.54, 1.807) is 24.3 Å². The summed E-state index contributed by atoms with van der Waals surface area (Å²) in [5.41, 5.74) is 1.77. The standard InChI is InChI=1S/C22H15BrO5S/c1-14-19-12-9-17(28-29(25,26)18-10-7-16(23)8-11-18)13-20(19)27-22(24)21(14)15-5-3-2-4-6-15/h2-13H,1H3. The Morgan fingerprint density at radius 3 is 2.31 bits per heavy atom. The van der Waals surface area contributed by atoms with Crippen molar-refractivity contribution in [3.05, 3.63) is 93.3 Å². The van der Waals surface area contributed by atoms with Gasteiger partial charge in [0.15, 0.2) is 0 Å². The van der Waals surface area contributed by atoms with Crippen LogP contribution in [0.3, 0.4) is 0 Å². The van der Waals surface area contributed by atoms with Gasteiger partial charge in [-0.15, -0.1) is 0 Å². The van der Waals surface area contributed by atoms with E-state index in [1.807, 2.05) is 37.3 Å². The molecule has 0 radical (unpaired) electrons. The van der Waals surface area contributed by atoms with Crippen LogP contribution in [0.5, 0.6) is 5.75 Å². The van der Waals surface area contributed by atoms with Gasteiger partial charge in [0.2, 0.25) is 0 Å². The average Bonchev–Trinajstić information content (AvgIpc) is 2.68. The summed E-state index contributed by atoms with van der Waals surface area (Å²) in [6.07, 6.45) is 0. The average molecular weight is 471 g/mol. The van der Waals surface area contributed by atoms with Crippen molar-refractivity contribution in [2.75, 3.05) is 0 Å². The minimum atomic E-state index is -4.01.